The number of fused-ring (bicyclic) bond motifs is 3. The molecule has 1 aliphatic rings. The van der Waals surface area contributed by atoms with E-state index in [-0.39, 0.29) is 12.1 Å². The van der Waals surface area contributed by atoms with Crippen LogP contribution >= 0.6 is 23.2 Å². The average molecular weight is 456 g/mol. The number of hydrogen-bond acceptors (Lipinski definition) is 4. The lowest BCUT2D eigenvalue weighted by Gasteiger charge is -2.29. The highest BCUT2D eigenvalue weighted by Gasteiger charge is 2.27. The van der Waals surface area contributed by atoms with Crippen molar-refractivity contribution in [2.45, 2.75) is 19.5 Å². The summed E-state index contributed by atoms with van der Waals surface area (Å²) in [4.78, 5) is 33.2. The van der Waals surface area contributed by atoms with Crippen molar-refractivity contribution < 1.29 is 0 Å². The van der Waals surface area contributed by atoms with Gasteiger partial charge in [-0.3, -0.25) is 13.9 Å². The summed E-state index contributed by atoms with van der Waals surface area (Å²) in [5.74, 6) is 0.645. The van der Waals surface area contributed by atoms with Crippen molar-refractivity contribution in [3.8, 4) is 0 Å². The average Bonchev–Trinajstić information content (AvgIpc) is 3.17. The van der Waals surface area contributed by atoms with Crippen LogP contribution in [0.3, 0.4) is 0 Å². The third kappa shape index (κ3) is 3.25. The number of anilines is 2. The second kappa shape index (κ2) is 7.59. The first-order valence-electron chi connectivity index (χ1n) is 9.92. The monoisotopic (exact) mass is 455 g/mol. The molecule has 0 saturated carbocycles. The lowest BCUT2D eigenvalue weighted by Crippen LogP contribution is -2.40. The van der Waals surface area contributed by atoms with Gasteiger partial charge in [0.25, 0.3) is 5.56 Å². The topological polar surface area (TPSA) is 65.1 Å². The van der Waals surface area contributed by atoms with Gasteiger partial charge < -0.3 is 9.47 Å². The van der Waals surface area contributed by atoms with E-state index in [0.717, 1.165) is 18.7 Å². The quantitative estimate of drug-likeness (QED) is 0.471. The second-order valence-electron chi connectivity index (χ2n) is 7.54. The molecular formula is C22H19Cl2N5O2. The Bertz CT molecular complexity index is 1420. The predicted molar refractivity (Wildman–Crippen MR) is 123 cm³/mol. The van der Waals surface area contributed by atoms with Crippen LogP contribution in [0.25, 0.3) is 11.2 Å². The van der Waals surface area contributed by atoms with Gasteiger partial charge >= 0.3 is 5.69 Å². The van der Waals surface area contributed by atoms with Crippen LogP contribution in [0.4, 0.5) is 11.6 Å². The molecule has 7 nitrogen and oxygen atoms in total. The normalized spacial score (nSPS) is 13.6. The van der Waals surface area contributed by atoms with Crippen LogP contribution < -0.4 is 16.1 Å². The minimum absolute atomic E-state index is 0.0997. The molecule has 0 atom stereocenters. The first-order chi connectivity index (χ1) is 15.0. The highest BCUT2D eigenvalue weighted by Crippen LogP contribution is 2.31. The van der Waals surface area contributed by atoms with Crippen LogP contribution in [0.5, 0.6) is 0 Å². The highest BCUT2D eigenvalue weighted by atomic mass is 35.5. The number of aromatic nitrogens is 4. The van der Waals surface area contributed by atoms with Crippen molar-refractivity contribution in [3.05, 3.63) is 85.0 Å². The van der Waals surface area contributed by atoms with Gasteiger partial charge in [0.05, 0.1) is 6.54 Å². The van der Waals surface area contributed by atoms with E-state index in [2.05, 4.69) is 0 Å². The Balaban J connectivity index is 1.71. The third-order valence-corrected chi connectivity index (χ3v) is 6.26. The first-order valence-corrected chi connectivity index (χ1v) is 10.7. The first kappa shape index (κ1) is 19.9. The molecule has 0 amide bonds. The van der Waals surface area contributed by atoms with E-state index >= 15 is 0 Å². The van der Waals surface area contributed by atoms with E-state index < -0.39 is 5.69 Å². The minimum atomic E-state index is -0.425. The number of rotatable bonds is 3. The number of aryl methyl sites for hydroxylation is 2. The number of hydrogen-bond donors (Lipinski definition) is 0. The highest BCUT2D eigenvalue weighted by molar-refractivity contribution is 6.31. The SMILES string of the molecule is Cn1c(=O)n(Cc2ccccc2Cl)c(=O)c2c1nc1n2CCCN1c1ccc(Cl)cc1. The predicted octanol–water partition coefficient (Wildman–Crippen LogP) is 3.79. The third-order valence-electron chi connectivity index (χ3n) is 5.64. The maximum atomic E-state index is 13.4. The van der Waals surface area contributed by atoms with E-state index in [1.54, 1.807) is 13.1 Å². The largest absolute Gasteiger partial charge is 0.332 e. The van der Waals surface area contributed by atoms with Gasteiger partial charge in [0, 0.05) is 35.9 Å². The van der Waals surface area contributed by atoms with Crippen LogP contribution in [0.1, 0.15) is 12.0 Å². The van der Waals surface area contributed by atoms with Crippen molar-refractivity contribution in [3.63, 3.8) is 0 Å². The Morgan fingerprint density at radius 1 is 1.00 bits per heavy atom. The number of halogens is 2. The Labute approximate surface area is 187 Å². The molecule has 5 rings (SSSR count). The number of benzene rings is 2. The molecule has 0 N–H and O–H groups in total. The molecule has 0 saturated heterocycles. The molecule has 3 heterocycles. The van der Waals surface area contributed by atoms with Gasteiger partial charge in [0.1, 0.15) is 0 Å². The Kier molecular flexibility index (Phi) is 4.87. The Morgan fingerprint density at radius 2 is 1.74 bits per heavy atom. The summed E-state index contributed by atoms with van der Waals surface area (Å²) in [6, 6.07) is 14.7. The van der Waals surface area contributed by atoms with E-state index in [9.17, 15) is 9.59 Å². The van der Waals surface area contributed by atoms with E-state index in [1.165, 1.54) is 9.13 Å². The summed E-state index contributed by atoms with van der Waals surface area (Å²) >= 11 is 12.3. The molecule has 2 aromatic carbocycles. The van der Waals surface area contributed by atoms with Gasteiger partial charge in [-0.05, 0) is 42.3 Å². The molecule has 0 bridgehead atoms. The summed E-state index contributed by atoms with van der Waals surface area (Å²) in [5, 5.41) is 1.17. The standard InChI is InChI=1S/C22H19Cl2N5O2/c1-26-19-18(20(30)29(22(26)31)13-14-5-2-3-6-17(14)24)28-12-4-11-27(21(28)25-19)16-9-7-15(23)8-10-16/h2-3,5-10H,4,11-13H2,1H3. The van der Waals surface area contributed by atoms with E-state index in [4.69, 9.17) is 28.2 Å². The molecule has 9 heteroatoms. The summed E-state index contributed by atoms with van der Waals surface area (Å²) in [6.07, 6.45) is 0.841. The summed E-state index contributed by atoms with van der Waals surface area (Å²) < 4.78 is 4.55. The lowest BCUT2D eigenvalue weighted by atomic mass is 10.2. The van der Waals surface area contributed by atoms with E-state index in [1.807, 2.05) is 51.9 Å². The van der Waals surface area contributed by atoms with Crippen LogP contribution in [-0.2, 0) is 20.1 Å². The fourth-order valence-corrected chi connectivity index (χ4v) is 4.39. The second-order valence-corrected chi connectivity index (χ2v) is 8.39. The molecule has 0 fully saturated rings. The van der Waals surface area contributed by atoms with Gasteiger partial charge in [-0.1, -0.05) is 41.4 Å². The summed E-state index contributed by atoms with van der Waals surface area (Å²) in [5.41, 5.74) is 1.65. The molecule has 0 spiro atoms. The molecule has 2 aromatic heterocycles. The lowest BCUT2D eigenvalue weighted by molar-refractivity contribution is 0.597. The summed E-state index contributed by atoms with van der Waals surface area (Å²) in [6.45, 7) is 1.50. The van der Waals surface area contributed by atoms with Crippen LogP contribution in [-0.4, -0.2) is 25.2 Å². The van der Waals surface area contributed by atoms with Crippen molar-refractivity contribution in [2.24, 2.45) is 7.05 Å². The van der Waals surface area contributed by atoms with Gasteiger partial charge in [-0.15, -0.1) is 0 Å². The molecule has 158 valence electrons. The van der Waals surface area contributed by atoms with Crippen LogP contribution in [0, 0.1) is 0 Å². The zero-order chi connectivity index (χ0) is 21.7. The van der Waals surface area contributed by atoms with Crippen molar-refractivity contribution in [2.75, 3.05) is 11.4 Å². The smallest absolute Gasteiger partial charge is 0.312 e. The zero-order valence-corrected chi connectivity index (χ0v) is 18.3. The maximum absolute atomic E-state index is 13.4. The Hall–Kier alpha value is -3.03. The van der Waals surface area contributed by atoms with Crippen molar-refractivity contribution >= 4 is 46.0 Å². The van der Waals surface area contributed by atoms with Crippen molar-refractivity contribution in [1.29, 1.82) is 0 Å². The zero-order valence-electron chi connectivity index (χ0n) is 16.8. The molecule has 1 aliphatic heterocycles. The number of imidazole rings is 1. The molecule has 0 aliphatic carbocycles. The van der Waals surface area contributed by atoms with E-state index in [0.29, 0.717) is 39.3 Å². The molecular weight excluding hydrogens is 437 g/mol. The van der Waals surface area contributed by atoms with Crippen molar-refractivity contribution in [1.82, 2.24) is 18.7 Å². The molecule has 31 heavy (non-hydrogen) atoms. The van der Waals surface area contributed by atoms with Crippen LogP contribution in [0.2, 0.25) is 10.0 Å². The fraction of sp³-hybridized carbons (Fsp3) is 0.227. The van der Waals surface area contributed by atoms with Crippen LogP contribution in [0.15, 0.2) is 58.1 Å². The summed E-state index contributed by atoms with van der Waals surface area (Å²) in [7, 11) is 1.64. The molecule has 0 radical (unpaired) electrons. The van der Waals surface area contributed by atoms with Gasteiger partial charge in [0.2, 0.25) is 5.95 Å². The van der Waals surface area contributed by atoms with Gasteiger partial charge in [-0.2, -0.15) is 4.98 Å². The van der Waals surface area contributed by atoms with Gasteiger partial charge in [-0.25, -0.2) is 4.79 Å². The Morgan fingerprint density at radius 3 is 2.48 bits per heavy atom. The number of nitrogens with zero attached hydrogens (tertiary/aromatic N) is 5. The van der Waals surface area contributed by atoms with Gasteiger partial charge in [0.15, 0.2) is 11.2 Å². The minimum Gasteiger partial charge on any atom is -0.312 e. The maximum Gasteiger partial charge on any atom is 0.332 e. The molecule has 4 aromatic rings. The molecule has 0 unspecified atom stereocenters. The fourth-order valence-electron chi connectivity index (χ4n) is 4.07.